The van der Waals surface area contributed by atoms with Crippen LogP contribution in [-0.4, -0.2) is 49.2 Å². The van der Waals surface area contributed by atoms with E-state index in [0.717, 1.165) is 65.5 Å². The summed E-state index contributed by atoms with van der Waals surface area (Å²) >= 11 is 1.59. The van der Waals surface area contributed by atoms with Gasteiger partial charge in [-0.15, -0.1) is 0 Å². The molecule has 1 aliphatic rings. The Kier molecular flexibility index (Phi) is 8.36. The molecule has 1 aliphatic heterocycles. The first-order chi connectivity index (χ1) is 19.0. The lowest BCUT2D eigenvalue weighted by Crippen LogP contribution is -2.47. The van der Waals surface area contributed by atoms with Crippen molar-refractivity contribution in [1.82, 2.24) is 15.3 Å². The number of furan rings is 1. The zero-order valence-electron chi connectivity index (χ0n) is 22.5. The molecular formula is C30H33N5O3S. The van der Waals surface area contributed by atoms with Gasteiger partial charge in [-0.1, -0.05) is 23.9 Å². The smallest absolute Gasteiger partial charge is 0.251 e. The van der Waals surface area contributed by atoms with Gasteiger partial charge in [0.05, 0.1) is 19.9 Å². The summed E-state index contributed by atoms with van der Waals surface area (Å²) in [6.07, 6.45) is 1.60. The molecule has 39 heavy (non-hydrogen) atoms. The van der Waals surface area contributed by atoms with E-state index >= 15 is 0 Å². The summed E-state index contributed by atoms with van der Waals surface area (Å²) in [4.78, 5) is 27.1. The SMILES string of the molecule is COc1ccc(N2CCN(c3nc(SCc4cccc(C(=O)NCc5ccco5)c4)nc(C)c3C)CC2)cc1. The lowest BCUT2D eigenvalue weighted by atomic mass is 10.1. The number of carbonyl (C=O) groups is 1. The molecule has 4 aromatic rings. The van der Waals surface area contributed by atoms with Gasteiger partial charge in [-0.3, -0.25) is 4.79 Å². The predicted octanol–water partition coefficient (Wildman–Crippen LogP) is 5.24. The quantitative estimate of drug-likeness (QED) is 0.227. The lowest BCUT2D eigenvalue weighted by molar-refractivity contribution is 0.0948. The van der Waals surface area contributed by atoms with Crippen LogP contribution < -0.4 is 19.9 Å². The predicted molar refractivity (Wildman–Crippen MR) is 155 cm³/mol. The molecule has 2 aromatic carbocycles. The fourth-order valence-corrected chi connectivity index (χ4v) is 5.39. The van der Waals surface area contributed by atoms with Crippen LogP contribution in [0.3, 0.4) is 0 Å². The molecule has 5 rings (SSSR count). The van der Waals surface area contributed by atoms with Crippen LogP contribution in [0.1, 0.15) is 32.9 Å². The molecule has 8 nitrogen and oxygen atoms in total. The van der Waals surface area contributed by atoms with Crippen LogP contribution in [0.15, 0.2) is 76.5 Å². The number of amides is 1. The van der Waals surface area contributed by atoms with Gasteiger partial charge >= 0.3 is 0 Å². The second kappa shape index (κ2) is 12.3. The molecule has 1 saturated heterocycles. The Balaban J connectivity index is 1.21. The number of anilines is 2. The highest BCUT2D eigenvalue weighted by Crippen LogP contribution is 2.28. The van der Waals surface area contributed by atoms with E-state index in [2.05, 4.69) is 34.2 Å². The highest BCUT2D eigenvalue weighted by molar-refractivity contribution is 7.98. The number of aromatic nitrogens is 2. The molecule has 202 valence electrons. The van der Waals surface area contributed by atoms with Crippen molar-refractivity contribution >= 4 is 29.2 Å². The number of rotatable bonds is 9. The third-order valence-electron chi connectivity index (χ3n) is 6.92. The molecule has 0 spiro atoms. The van der Waals surface area contributed by atoms with Crippen LogP contribution in [0.5, 0.6) is 5.75 Å². The zero-order chi connectivity index (χ0) is 27.2. The third-order valence-corrected chi connectivity index (χ3v) is 7.84. The summed E-state index contributed by atoms with van der Waals surface area (Å²) in [7, 11) is 1.69. The number of piperazine rings is 1. The van der Waals surface area contributed by atoms with Crippen molar-refractivity contribution in [3.63, 3.8) is 0 Å². The first-order valence-corrected chi connectivity index (χ1v) is 14.0. The van der Waals surface area contributed by atoms with E-state index in [0.29, 0.717) is 17.9 Å². The zero-order valence-corrected chi connectivity index (χ0v) is 23.3. The molecular weight excluding hydrogens is 510 g/mol. The van der Waals surface area contributed by atoms with Gasteiger partial charge in [-0.05, 0) is 67.9 Å². The van der Waals surface area contributed by atoms with Crippen molar-refractivity contribution in [1.29, 1.82) is 0 Å². The number of nitrogens with zero attached hydrogens (tertiary/aromatic N) is 4. The Morgan fingerprint density at radius 1 is 1.00 bits per heavy atom. The summed E-state index contributed by atoms with van der Waals surface area (Å²) < 4.78 is 10.6. The maximum Gasteiger partial charge on any atom is 0.251 e. The molecule has 9 heteroatoms. The van der Waals surface area contributed by atoms with Gasteiger partial charge in [-0.2, -0.15) is 0 Å². The Morgan fingerprint density at radius 3 is 2.49 bits per heavy atom. The Morgan fingerprint density at radius 2 is 1.77 bits per heavy atom. The van der Waals surface area contributed by atoms with Crippen LogP contribution in [0.4, 0.5) is 11.5 Å². The molecule has 0 saturated carbocycles. The van der Waals surface area contributed by atoms with Gasteiger partial charge in [0, 0.05) is 54.4 Å². The highest BCUT2D eigenvalue weighted by atomic mass is 32.2. The van der Waals surface area contributed by atoms with Crippen molar-refractivity contribution in [3.8, 4) is 5.75 Å². The number of benzene rings is 2. The topological polar surface area (TPSA) is 83.7 Å². The van der Waals surface area contributed by atoms with E-state index in [1.807, 2.05) is 55.5 Å². The minimum absolute atomic E-state index is 0.128. The summed E-state index contributed by atoms with van der Waals surface area (Å²) in [5, 5.41) is 3.65. The van der Waals surface area contributed by atoms with Gasteiger partial charge in [0.1, 0.15) is 17.3 Å². The Bertz CT molecular complexity index is 1400. The number of aryl methyl sites for hydroxylation is 1. The molecule has 1 N–H and O–H groups in total. The summed E-state index contributed by atoms with van der Waals surface area (Å²) in [5.41, 5.74) is 4.98. The van der Waals surface area contributed by atoms with Crippen molar-refractivity contribution in [2.75, 3.05) is 43.1 Å². The molecule has 0 unspecified atom stereocenters. The maximum absolute atomic E-state index is 12.6. The number of thioether (sulfide) groups is 1. The standard InChI is InChI=1S/C30H33N5O3S/c1-21-22(2)32-30(33-28(21)35-15-13-34(14-16-35)25-9-11-26(37-3)12-10-25)39-20-23-6-4-7-24(18-23)29(36)31-19-27-8-5-17-38-27/h4-12,17-18H,13-16,19-20H2,1-3H3,(H,31,36). The van der Waals surface area contributed by atoms with E-state index in [4.69, 9.17) is 19.1 Å². The molecule has 1 amide bonds. The fourth-order valence-electron chi connectivity index (χ4n) is 4.56. The molecule has 2 aromatic heterocycles. The van der Waals surface area contributed by atoms with Crippen molar-refractivity contribution in [3.05, 3.63) is 95.1 Å². The monoisotopic (exact) mass is 543 g/mol. The average molecular weight is 544 g/mol. The molecule has 0 bridgehead atoms. The molecule has 3 heterocycles. The average Bonchev–Trinajstić information content (AvgIpc) is 3.50. The van der Waals surface area contributed by atoms with Crippen LogP contribution >= 0.6 is 11.8 Å². The fraction of sp³-hybridized carbons (Fsp3) is 0.300. The van der Waals surface area contributed by atoms with E-state index < -0.39 is 0 Å². The minimum atomic E-state index is -0.128. The summed E-state index contributed by atoms with van der Waals surface area (Å²) in [6.45, 7) is 8.13. The van der Waals surface area contributed by atoms with Crippen LogP contribution in [0.25, 0.3) is 0 Å². The van der Waals surface area contributed by atoms with Gasteiger partial charge in [0.25, 0.3) is 5.91 Å². The molecule has 0 atom stereocenters. The summed E-state index contributed by atoms with van der Waals surface area (Å²) in [6, 6.07) is 19.6. The number of ether oxygens (including phenoxy) is 1. The van der Waals surface area contributed by atoms with E-state index in [9.17, 15) is 4.79 Å². The minimum Gasteiger partial charge on any atom is -0.497 e. The van der Waals surface area contributed by atoms with E-state index in [-0.39, 0.29) is 5.91 Å². The normalized spacial score (nSPS) is 13.4. The van der Waals surface area contributed by atoms with Gasteiger partial charge in [0.2, 0.25) is 0 Å². The van der Waals surface area contributed by atoms with Crippen LogP contribution in [-0.2, 0) is 12.3 Å². The molecule has 1 fully saturated rings. The van der Waals surface area contributed by atoms with Crippen molar-refractivity contribution in [2.45, 2.75) is 31.3 Å². The van der Waals surface area contributed by atoms with Gasteiger partial charge < -0.3 is 24.3 Å². The summed E-state index contributed by atoms with van der Waals surface area (Å²) in [5.74, 6) is 3.14. The van der Waals surface area contributed by atoms with Crippen molar-refractivity contribution < 1.29 is 13.9 Å². The van der Waals surface area contributed by atoms with Crippen molar-refractivity contribution in [2.24, 2.45) is 0 Å². The highest BCUT2D eigenvalue weighted by Gasteiger charge is 2.22. The van der Waals surface area contributed by atoms with Gasteiger partial charge in [0.15, 0.2) is 5.16 Å². The number of hydrogen-bond acceptors (Lipinski definition) is 8. The number of nitrogens with one attached hydrogen (secondary N) is 1. The largest absolute Gasteiger partial charge is 0.497 e. The van der Waals surface area contributed by atoms with E-state index in [1.54, 1.807) is 25.1 Å². The number of carbonyl (C=O) groups excluding carboxylic acids is 1. The number of methoxy groups -OCH3 is 1. The van der Waals surface area contributed by atoms with E-state index in [1.165, 1.54) is 5.69 Å². The Labute approximate surface area is 233 Å². The second-order valence-corrected chi connectivity index (χ2v) is 10.4. The number of hydrogen-bond donors (Lipinski definition) is 1. The van der Waals surface area contributed by atoms with Crippen LogP contribution in [0, 0.1) is 13.8 Å². The van der Waals surface area contributed by atoms with Crippen LogP contribution in [0.2, 0.25) is 0 Å². The first-order valence-electron chi connectivity index (χ1n) is 13.0. The maximum atomic E-state index is 12.6. The third kappa shape index (κ3) is 6.54. The first kappa shape index (κ1) is 26.6. The molecule has 0 radical (unpaired) electrons. The second-order valence-electron chi connectivity index (χ2n) is 9.46. The van der Waals surface area contributed by atoms with Gasteiger partial charge in [-0.25, -0.2) is 9.97 Å². The molecule has 0 aliphatic carbocycles. The Hall–Kier alpha value is -3.98. The lowest BCUT2D eigenvalue weighted by Gasteiger charge is -2.37.